The van der Waals surface area contributed by atoms with Crippen LogP contribution in [0.1, 0.15) is 32.3 Å². The van der Waals surface area contributed by atoms with Crippen molar-refractivity contribution in [2.45, 2.75) is 45.4 Å². The molecule has 6 nitrogen and oxygen atoms in total. The molecule has 2 unspecified atom stereocenters. The monoisotopic (exact) mass is 333 g/mol. The Morgan fingerprint density at radius 2 is 2.08 bits per heavy atom. The molecule has 0 bridgehead atoms. The molecule has 2 amide bonds. The number of likely N-dealkylation sites (N-methyl/N-ethyl adjacent to an activating group) is 1. The third kappa shape index (κ3) is 4.71. The van der Waals surface area contributed by atoms with Crippen LogP contribution in [0.4, 0.5) is 4.79 Å². The maximum absolute atomic E-state index is 12.3. The Bertz CT molecular complexity index is 548. The molecule has 132 valence electrons. The second-order valence-corrected chi connectivity index (χ2v) is 6.20. The summed E-state index contributed by atoms with van der Waals surface area (Å²) in [6.07, 6.45) is 1.49. The molecule has 1 saturated heterocycles. The van der Waals surface area contributed by atoms with Gasteiger partial charge in [-0.3, -0.25) is 4.79 Å². The van der Waals surface area contributed by atoms with E-state index in [0.717, 1.165) is 18.4 Å². The van der Waals surface area contributed by atoms with Crippen LogP contribution in [0.2, 0.25) is 0 Å². The number of likely N-dealkylation sites (tertiary alicyclic amines) is 1. The average molecular weight is 333 g/mol. The van der Waals surface area contributed by atoms with Gasteiger partial charge >= 0.3 is 6.09 Å². The third-order valence-electron chi connectivity index (χ3n) is 4.33. The fourth-order valence-electron chi connectivity index (χ4n) is 2.97. The van der Waals surface area contributed by atoms with Crippen LogP contribution in [-0.4, -0.2) is 53.5 Å². The van der Waals surface area contributed by atoms with E-state index in [9.17, 15) is 9.59 Å². The molecule has 1 aromatic rings. The minimum absolute atomic E-state index is 0.0210. The van der Waals surface area contributed by atoms with Crippen LogP contribution in [0.15, 0.2) is 30.3 Å². The van der Waals surface area contributed by atoms with E-state index < -0.39 is 6.04 Å². The lowest BCUT2D eigenvalue weighted by Gasteiger charge is -2.30. The Kier molecular flexibility index (Phi) is 6.61. The number of benzene rings is 1. The van der Waals surface area contributed by atoms with Crippen LogP contribution in [0.25, 0.3) is 0 Å². The van der Waals surface area contributed by atoms with Crippen molar-refractivity contribution in [3.8, 4) is 0 Å². The summed E-state index contributed by atoms with van der Waals surface area (Å²) in [6.45, 7) is 5.61. The summed E-state index contributed by atoms with van der Waals surface area (Å²) in [4.78, 5) is 27.9. The number of amides is 2. The van der Waals surface area contributed by atoms with E-state index in [-0.39, 0.29) is 24.6 Å². The summed E-state index contributed by atoms with van der Waals surface area (Å²) in [5, 5.41) is 0. The summed E-state index contributed by atoms with van der Waals surface area (Å²) in [5.41, 5.74) is 6.67. The minimum atomic E-state index is -0.509. The molecule has 1 heterocycles. The largest absolute Gasteiger partial charge is 0.445 e. The first kappa shape index (κ1) is 18.3. The Balaban J connectivity index is 1.90. The van der Waals surface area contributed by atoms with Crippen molar-refractivity contribution in [3.63, 3.8) is 0 Å². The number of nitrogens with zero attached hydrogens (tertiary/aromatic N) is 2. The van der Waals surface area contributed by atoms with Crippen molar-refractivity contribution in [1.29, 1.82) is 0 Å². The van der Waals surface area contributed by atoms with Gasteiger partial charge in [-0.2, -0.15) is 0 Å². The summed E-state index contributed by atoms with van der Waals surface area (Å²) in [5.74, 6) is -0.0498. The molecule has 1 aliphatic rings. The normalized spacial score (nSPS) is 18.3. The summed E-state index contributed by atoms with van der Waals surface area (Å²) < 4.78 is 5.39. The van der Waals surface area contributed by atoms with E-state index in [1.807, 2.05) is 37.3 Å². The molecular weight excluding hydrogens is 306 g/mol. The zero-order chi connectivity index (χ0) is 17.5. The number of rotatable bonds is 6. The van der Waals surface area contributed by atoms with Crippen LogP contribution < -0.4 is 5.73 Å². The molecule has 2 rings (SSSR count). The number of carbonyl (C=O) groups is 2. The predicted molar refractivity (Wildman–Crippen MR) is 92.3 cm³/mol. The zero-order valence-electron chi connectivity index (χ0n) is 14.5. The number of carbonyl (C=O) groups excluding carboxylic acids is 2. The molecule has 2 N–H and O–H groups in total. The Morgan fingerprint density at radius 1 is 1.38 bits per heavy atom. The summed E-state index contributed by atoms with van der Waals surface area (Å²) in [7, 11) is 0. The molecule has 0 spiro atoms. The molecular formula is C18H27N3O3. The van der Waals surface area contributed by atoms with Crippen molar-refractivity contribution in [1.82, 2.24) is 9.80 Å². The van der Waals surface area contributed by atoms with Crippen molar-refractivity contribution < 1.29 is 14.3 Å². The third-order valence-corrected chi connectivity index (χ3v) is 4.33. The second kappa shape index (κ2) is 8.68. The van der Waals surface area contributed by atoms with Crippen LogP contribution in [0.3, 0.4) is 0 Å². The highest BCUT2D eigenvalue weighted by atomic mass is 16.6. The SMILES string of the molecule is CCN(CC1CCCN1C(=O)C(C)N)C(=O)OCc1ccccc1. The van der Waals surface area contributed by atoms with Crippen LogP contribution in [0, 0.1) is 0 Å². The van der Waals surface area contributed by atoms with Crippen LogP contribution >= 0.6 is 0 Å². The predicted octanol–water partition coefficient (Wildman–Crippen LogP) is 1.98. The van der Waals surface area contributed by atoms with Gasteiger partial charge in [-0.05, 0) is 32.3 Å². The molecule has 1 aromatic carbocycles. The van der Waals surface area contributed by atoms with Crippen molar-refractivity contribution in [2.24, 2.45) is 5.73 Å². The number of ether oxygens (including phenoxy) is 1. The van der Waals surface area contributed by atoms with Gasteiger partial charge in [0.05, 0.1) is 6.04 Å². The van der Waals surface area contributed by atoms with E-state index in [4.69, 9.17) is 10.5 Å². The highest BCUT2D eigenvalue weighted by Gasteiger charge is 2.32. The van der Waals surface area contributed by atoms with Gasteiger partial charge < -0.3 is 20.3 Å². The van der Waals surface area contributed by atoms with E-state index in [2.05, 4.69) is 0 Å². The molecule has 1 aliphatic heterocycles. The van der Waals surface area contributed by atoms with Gasteiger partial charge in [0.15, 0.2) is 0 Å². The quantitative estimate of drug-likeness (QED) is 0.864. The smallest absolute Gasteiger partial charge is 0.410 e. The van der Waals surface area contributed by atoms with Gasteiger partial charge in [-0.25, -0.2) is 4.79 Å². The van der Waals surface area contributed by atoms with Crippen molar-refractivity contribution >= 4 is 12.0 Å². The highest BCUT2D eigenvalue weighted by molar-refractivity contribution is 5.81. The van der Waals surface area contributed by atoms with Crippen molar-refractivity contribution in [3.05, 3.63) is 35.9 Å². The molecule has 6 heteroatoms. The van der Waals surface area contributed by atoms with E-state index in [1.165, 1.54) is 0 Å². The molecule has 1 fully saturated rings. The fraction of sp³-hybridized carbons (Fsp3) is 0.556. The zero-order valence-corrected chi connectivity index (χ0v) is 14.5. The van der Waals surface area contributed by atoms with Gasteiger partial charge in [0.1, 0.15) is 6.61 Å². The maximum atomic E-state index is 12.3. The maximum Gasteiger partial charge on any atom is 0.410 e. The molecule has 0 aromatic heterocycles. The van der Waals surface area contributed by atoms with Gasteiger partial charge in [0.25, 0.3) is 0 Å². The Hall–Kier alpha value is -2.08. The average Bonchev–Trinajstić information content (AvgIpc) is 3.05. The highest BCUT2D eigenvalue weighted by Crippen LogP contribution is 2.19. The molecule has 2 atom stereocenters. The summed E-state index contributed by atoms with van der Waals surface area (Å²) >= 11 is 0. The standard InChI is InChI=1S/C18H27N3O3/c1-3-20(18(23)24-13-15-8-5-4-6-9-15)12-16-10-7-11-21(16)17(22)14(2)19/h4-6,8-9,14,16H,3,7,10-13,19H2,1-2H3. The lowest BCUT2D eigenvalue weighted by molar-refractivity contribution is -0.133. The summed E-state index contributed by atoms with van der Waals surface area (Å²) in [6, 6.07) is 9.10. The minimum Gasteiger partial charge on any atom is -0.445 e. The second-order valence-electron chi connectivity index (χ2n) is 6.20. The van der Waals surface area contributed by atoms with Gasteiger partial charge in [0.2, 0.25) is 5.91 Å². The van der Waals surface area contributed by atoms with E-state index >= 15 is 0 Å². The molecule has 0 radical (unpaired) electrons. The first-order valence-electron chi connectivity index (χ1n) is 8.54. The fourth-order valence-corrected chi connectivity index (χ4v) is 2.97. The van der Waals surface area contributed by atoms with Gasteiger partial charge in [0, 0.05) is 25.7 Å². The van der Waals surface area contributed by atoms with Crippen LogP contribution in [-0.2, 0) is 16.1 Å². The van der Waals surface area contributed by atoms with Gasteiger partial charge in [-0.15, -0.1) is 0 Å². The lowest BCUT2D eigenvalue weighted by Crippen LogP contribution is -2.49. The van der Waals surface area contributed by atoms with Crippen molar-refractivity contribution in [2.75, 3.05) is 19.6 Å². The Labute approximate surface area is 143 Å². The first-order chi connectivity index (χ1) is 11.5. The molecule has 24 heavy (non-hydrogen) atoms. The first-order valence-corrected chi connectivity index (χ1v) is 8.54. The number of nitrogens with two attached hydrogens (primary N) is 1. The lowest BCUT2D eigenvalue weighted by atomic mass is 10.2. The number of hydrogen-bond acceptors (Lipinski definition) is 4. The molecule has 0 aliphatic carbocycles. The number of hydrogen-bond donors (Lipinski definition) is 1. The van der Waals surface area contributed by atoms with E-state index in [1.54, 1.807) is 16.7 Å². The van der Waals surface area contributed by atoms with Crippen LogP contribution in [0.5, 0.6) is 0 Å². The van der Waals surface area contributed by atoms with E-state index in [0.29, 0.717) is 19.6 Å². The Morgan fingerprint density at radius 3 is 2.71 bits per heavy atom. The topological polar surface area (TPSA) is 75.9 Å². The van der Waals surface area contributed by atoms with Gasteiger partial charge in [-0.1, -0.05) is 30.3 Å². The molecule has 0 saturated carbocycles.